The molecular formula is C28H26N4OS. The number of aryl methyl sites for hydroxylation is 1. The van der Waals surface area contributed by atoms with Crippen molar-refractivity contribution in [3.05, 3.63) is 95.1 Å². The molecular weight excluding hydrogens is 440 g/mol. The Morgan fingerprint density at radius 3 is 2.53 bits per heavy atom. The molecule has 0 atom stereocenters. The average Bonchev–Trinajstić information content (AvgIpc) is 3.45. The predicted octanol–water partition coefficient (Wildman–Crippen LogP) is 5.73. The fourth-order valence-electron chi connectivity index (χ4n) is 5.29. The van der Waals surface area contributed by atoms with Crippen LogP contribution in [0.2, 0.25) is 0 Å². The van der Waals surface area contributed by atoms with Crippen LogP contribution in [-0.4, -0.2) is 33.9 Å². The number of piperidine rings is 1. The van der Waals surface area contributed by atoms with E-state index in [-0.39, 0.29) is 5.91 Å². The van der Waals surface area contributed by atoms with Crippen LogP contribution in [0, 0.1) is 6.92 Å². The first-order chi connectivity index (χ1) is 16.7. The molecule has 0 radical (unpaired) electrons. The second-order valence-corrected chi connectivity index (χ2v) is 10.0. The number of anilines is 2. The Balaban J connectivity index is 1.28. The Hall–Kier alpha value is -3.35. The number of nitrogens with zero attached hydrogens (tertiary/aromatic N) is 4. The molecule has 2 aromatic heterocycles. The zero-order valence-electron chi connectivity index (χ0n) is 19.1. The molecule has 0 unspecified atom stereocenters. The summed E-state index contributed by atoms with van der Waals surface area (Å²) in [6.07, 6.45) is 3.47. The summed E-state index contributed by atoms with van der Waals surface area (Å²) in [5, 5.41) is 2.94. The van der Waals surface area contributed by atoms with Gasteiger partial charge in [-0.3, -0.25) is 19.6 Å². The lowest BCUT2D eigenvalue weighted by atomic mass is 9.73. The van der Waals surface area contributed by atoms with E-state index in [4.69, 9.17) is 4.98 Å². The fourth-order valence-corrected chi connectivity index (χ4v) is 6.09. The Bertz CT molecular complexity index is 1340. The summed E-state index contributed by atoms with van der Waals surface area (Å²) in [5.41, 5.74) is 5.05. The maximum atomic E-state index is 14.1. The van der Waals surface area contributed by atoms with Crippen LogP contribution in [0.3, 0.4) is 0 Å². The van der Waals surface area contributed by atoms with Crippen LogP contribution < -0.4 is 4.90 Å². The third-order valence-electron chi connectivity index (χ3n) is 7.22. The number of fused-ring (bicyclic) bond motifs is 2. The van der Waals surface area contributed by atoms with Gasteiger partial charge in [0.05, 0.1) is 16.8 Å². The van der Waals surface area contributed by atoms with E-state index >= 15 is 0 Å². The minimum absolute atomic E-state index is 0.160. The van der Waals surface area contributed by atoms with Gasteiger partial charge in [-0.05, 0) is 56.1 Å². The van der Waals surface area contributed by atoms with Crippen molar-refractivity contribution in [2.75, 3.05) is 18.0 Å². The van der Waals surface area contributed by atoms with Gasteiger partial charge >= 0.3 is 0 Å². The second kappa shape index (κ2) is 8.46. The minimum Gasteiger partial charge on any atom is -0.297 e. The summed E-state index contributed by atoms with van der Waals surface area (Å²) >= 11 is 1.58. The van der Waals surface area contributed by atoms with Crippen LogP contribution in [0.1, 0.15) is 29.7 Å². The molecule has 2 aromatic carbocycles. The van der Waals surface area contributed by atoms with Gasteiger partial charge in [-0.2, -0.15) is 0 Å². The third-order valence-corrected chi connectivity index (χ3v) is 8.09. The number of likely N-dealkylation sites (tertiary alicyclic amines) is 1. The van der Waals surface area contributed by atoms with E-state index in [0.29, 0.717) is 0 Å². The van der Waals surface area contributed by atoms with E-state index in [1.165, 1.54) is 5.56 Å². The maximum Gasteiger partial charge on any atom is 0.243 e. The lowest BCUT2D eigenvalue weighted by molar-refractivity contribution is -0.124. The van der Waals surface area contributed by atoms with Crippen LogP contribution in [0.5, 0.6) is 0 Å². The van der Waals surface area contributed by atoms with Gasteiger partial charge in [0.25, 0.3) is 0 Å². The van der Waals surface area contributed by atoms with Crippen molar-refractivity contribution in [1.29, 1.82) is 0 Å². The van der Waals surface area contributed by atoms with E-state index < -0.39 is 5.41 Å². The normalized spacial score (nSPS) is 17.3. The summed E-state index contributed by atoms with van der Waals surface area (Å²) in [5.74, 6) is 0.886. The van der Waals surface area contributed by atoms with Crippen LogP contribution in [0.15, 0.2) is 78.3 Å². The molecule has 1 saturated heterocycles. The quantitative estimate of drug-likeness (QED) is 0.386. The molecule has 5 nitrogen and oxygen atoms in total. The topological polar surface area (TPSA) is 49.3 Å². The van der Waals surface area contributed by atoms with Gasteiger partial charge in [-0.25, -0.2) is 4.98 Å². The first-order valence-corrected chi connectivity index (χ1v) is 12.6. The van der Waals surface area contributed by atoms with Crippen molar-refractivity contribution in [1.82, 2.24) is 14.9 Å². The number of hydrogen-bond donors (Lipinski definition) is 0. The van der Waals surface area contributed by atoms with Gasteiger partial charge in [-0.15, -0.1) is 11.3 Å². The number of hydrogen-bond acceptors (Lipinski definition) is 5. The molecule has 170 valence electrons. The van der Waals surface area contributed by atoms with Crippen LogP contribution >= 0.6 is 11.3 Å². The Kier molecular flexibility index (Phi) is 5.27. The van der Waals surface area contributed by atoms with Crippen molar-refractivity contribution in [2.24, 2.45) is 0 Å². The van der Waals surface area contributed by atoms with Crippen LogP contribution in [-0.2, 0) is 16.8 Å². The Morgan fingerprint density at radius 2 is 1.74 bits per heavy atom. The van der Waals surface area contributed by atoms with Gasteiger partial charge < -0.3 is 0 Å². The van der Waals surface area contributed by atoms with Gasteiger partial charge in [0, 0.05) is 23.7 Å². The molecule has 4 aromatic rings. The first-order valence-electron chi connectivity index (χ1n) is 11.7. The number of para-hydroxylation sites is 1. The molecule has 6 rings (SSSR count). The fraction of sp³-hybridized carbons (Fsp3) is 0.250. The summed E-state index contributed by atoms with van der Waals surface area (Å²) in [6, 6.07) is 22.5. The van der Waals surface area contributed by atoms with Crippen molar-refractivity contribution < 1.29 is 4.79 Å². The molecule has 0 bridgehead atoms. The van der Waals surface area contributed by atoms with E-state index in [2.05, 4.69) is 53.2 Å². The van der Waals surface area contributed by atoms with Gasteiger partial charge in [0.15, 0.2) is 5.82 Å². The number of carbonyl (C=O) groups excluding carboxylic acids is 1. The molecule has 0 N–H and O–H groups in total. The van der Waals surface area contributed by atoms with Crippen LogP contribution in [0.25, 0.3) is 10.6 Å². The standard InChI is InChI=1S/C28H26N4OS/c1-20-8-7-15-29-23(20)18-31-16-13-28(14-17-31)22-11-5-6-12-24(22)32(27(28)33)25-19-34-26(30-25)21-9-3-2-4-10-21/h2-12,15,19H,13-14,16-18H2,1H3. The summed E-state index contributed by atoms with van der Waals surface area (Å²) in [6.45, 7) is 4.68. The zero-order valence-corrected chi connectivity index (χ0v) is 20.0. The molecule has 4 heterocycles. The van der Waals surface area contributed by atoms with Crippen molar-refractivity contribution in [3.63, 3.8) is 0 Å². The number of thiazole rings is 1. The third kappa shape index (κ3) is 3.45. The first kappa shape index (κ1) is 21.2. The van der Waals surface area contributed by atoms with Crippen LogP contribution in [0.4, 0.5) is 11.5 Å². The highest BCUT2D eigenvalue weighted by molar-refractivity contribution is 7.13. The monoisotopic (exact) mass is 466 g/mol. The molecule has 2 aliphatic rings. The molecule has 34 heavy (non-hydrogen) atoms. The predicted molar refractivity (Wildman–Crippen MR) is 136 cm³/mol. The molecule has 1 fully saturated rings. The van der Waals surface area contributed by atoms with E-state index in [1.807, 2.05) is 46.8 Å². The molecule has 0 saturated carbocycles. The highest BCUT2D eigenvalue weighted by atomic mass is 32.1. The van der Waals surface area contributed by atoms with Crippen molar-refractivity contribution in [3.8, 4) is 10.6 Å². The van der Waals surface area contributed by atoms with Crippen molar-refractivity contribution >= 4 is 28.7 Å². The Morgan fingerprint density at radius 1 is 0.971 bits per heavy atom. The lowest BCUT2D eigenvalue weighted by Crippen LogP contribution is -2.47. The summed E-state index contributed by atoms with van der Waals surface area (Å²) in [7, 11) is 0. The SMILES string of the molecule is Cc1cccnc1CN1CCC2(CC1)C(=O)N(c1csc(-c3ccccc3)n1)c1ccccc12. The molecule has 2 aliphatic heterocycles. The smallest absolute Gasteiger partial charge is 0.243 e. The van der Waals surface area contributed by atoms with Gasteiger partial charge in [-0.1, -0.05) is 54.6 Å². The van der Waals surface area contributed by atoms with Gasteiger partial charge in [0.1, 0.15) is 5.01 Å². The molecule has 1 spiro atoms. The number of benzene rings is 2. The lowest BCUT2D eigenvalue weighted by Gasteiger charge is -2.38. The number of carbonyl (C=O) groups is 1. The second-order valence-electron chi connectivity index (χ2n) is 9.16. The molecule has 6 heteroatoms. The minimum atomic E-state index is -0.483. The maximum absolute atomic E-state index is 14.1. The Labute approximate surface area is 203 Å². The summed E-state index contributed by atoms with van der Waals surface area (Å²) in [4.78, 5) is 27.8. The average molecular weight is 467 g/mol. The zero-order chi connectivity index (χ0) is 23.1. The summed E-state index contributed by atoms with van der Waals surface area (Å²) < 4.78 is 0. The largest absolute Gasteiger partial charge is 0.297 e. The number of pyridine rings is 1. The number of amides is 1. The van der Waals surface area contributed by atoms with E-state index in [0.717, 1.165) is 65.8 Å². The van der Waals surface area contributed by atoms with E-state index in [1.54, 1.807) is 11.3 Å². The van der Waals surface area contributed by atoms with E-state index in [9.17, 15) is 4.79 Å². The highest BCUT2D eigenvalue weighted by Crippen LogP contribution is 2.50. The molecule has 1 amide bonds. The van der Waals surface area contributed by atoms with Gasteiger partial charge in [0.2, 0.25) is 5.91 Å². The molecule has 0 aliphatic carbocycles. The number of aromatic nitrogens is 2. The number of rotatable bonds is 4. The highest BCUT2D eigenvalue weighted by Gasteiger charge is 2.52. The van der Waals surface area contributed by atoms with Crippen molar-refractivity contribution in [2.45, 2.75) is 31.7 Å².